The van der Waals surface area contributed by atoms with Gasteiger partial charge in [-0.1, -0.05) is 19.1 Å². The molecule has 12 heteroatoms. The number of hydrogen-bond donors (Lipinski definition) is 2. The fourth-order valence-corrected chi connectivity index (χ4v) is 4.74. The summed E-state index contributed by atoms with van der Waals surface area (Å²) in [5.74, 6) is 0.982. The number of rotatable bonds is 10. The van der Waals surface area contributed by atoms with Gasteiger partial charge in [0.1, 0.15) is 30.5 Å². The van der Waals surface area contributed by atoms with Crippen LogP contribution in [0.5, 0.6) is 11.5 Å². The minimum absolute atomic E-state index is 0.0158. The van der Waals surface area contributed by atoms with E-state index in [-0.39, 0.29) is 49.5 Å². The number of nitrogens with one attached hydrogen (secondary N) is 1. The Bertz CT molecular complexity index is 1270. The number of carbonyl (C=O) groups is 2. The molecule has 0 saturated carbocycles. The van der Waals surface area contributed by atoms with Gasteiger partial charge >= 0.3 is 0 Å². The number of aliphatic hydroxyl groups excluding tert-OH is 1. The van der Waals surface area contributed by atoms with Crippen molar-refractivity contribution in [3.63, 3.8) is 0 Å². The van der Waals surface area contributed by atoms with Crippen LogP contribution in [-0.2, 0) is 29.1 Å². The quantitative estimate of drug-likeness (QED) is 0.385. The molecule has 3 aromatic rings. The molecule has 0 aliphatic carbocycles. The molecule has 0 unspecified atom stereocenters. The number of likely N-dealkylation sites (N-methyl/N-ethyl adjacent to an activating group) is 1. The van der Waals surface area contributed by atoms with E-state index in [1.165, 1.54) is 11.0 Å². The van der Waals surface area contributed by atoms with E-state index in [0.29, 0.717) is 36.6 Å². The van der Waals surface area contributed by atoms with Gasteiger partial charge in [0, 0.05) is 36.8 Å². The van der Waals surface area contributed by atoms with Crippen LogP contribution >= 0.6 is 0 Å². The lowest BCUT2D eigenvalue weighted by molar-refractivity contribution is -0.134. The predicted molar refractivity (Wildman–Crippen MR) is 148 cm³/mol. The summed E-state index contributed by atoms with van der Waals surface area (Å²) in [6.45, 7) is 5.51. The molecule has 2 aromatic carbocycles. The first-order valence-corrected chi connectivity index (χ1v) is 13.3. The topological polar surface area (TPSA) is 135 Å². The molecule has 2 N–H and O–H groups in total. The third-order valence-electron chi connectivity index (χ3n) is 7.00. The van der Waals surface area contributed by atoms with Crippen molar-refractivity contribution in [2.24, 2.45) is 5.92 Å². The largest absolute Gasteiger partial charge is 0.497 e. The third-order valence-corrected chi connectivity index (χ3v) is 7.00. The van der Waals surface area contributed by atoms with Gasteiger partial charge in [0.15, 0.2) is 0 Å². The van der Waals surface area contributed by atoms with E-state index < -0.39 is 0 Å². The number of amides is 2. The van der Waals surface area contributed by atoms with E-state index in [9.17, 15) is 14.7 Å². The Kier molecular flexibility index (Phi) is 9.67. The zero-order valence-corrected chi connectivity index (χ0v) is 23.4. The number of tetrazole rings is 1. The Hall–Kier alpha value is -4.03. The van der Waals surface area contributed by atoms with Crippen LogP contribution in [-0.4, -0.2) is 92.9 Å². The first-order valence-electron chi connectivity index (χ1n) is 13.3. The Labute approximate surface area is 233 Å². The maximum atomic E-state index is 13.4. The zero-order valence-electron chi connectivity index (χ0n) is 23.4. The average molecular weight is 552 g/mol. The van der Waals surface area contributed by atoms with Crippen molar-refractivity contribution in [3.8, 4) is 11.5 Å². The van der Waals surface area contributed by atoms with Gasteiger partial charge in [0.25, 0.3) is 0 Å². The normalized spacial score (nSPS) is 18.2. The van der Waals surface area contributed by atoms with Crippen LogP contribution in [0.4, 0.5) is 5.69 Å². The minimum Gasteiger partial charge on any atom is -0.497 e. The molecule has 4 rings (SSSR count). The van der Waals surface area contributed by atoms with Crippen LogP contribution in [0.2, 0.25) is 0 Å². The van der Waals surface area contributed by atoms with Crippen molar-refractivity contribution in [1.29, 1.82) is 0 Å². The van der Waals surface area contributed by atoms with Gasteiger partial charge in [-0.25, -0.2) is 4.68 Å². The summed E-state index contributed by atoms with van der Waals surface area (Å²) < 4.78 is 13.2. The fourth-order valence-electron chi connectivity index (χ4n) is 4.74. The lowest BCUT2D eigenvalue weighted by Gasteiger charge is -2.34. The maximum absolute atomic E-state index is 13.4. The molecule has 0 saturated heterocycles. The molecule has 3 atom stereocenters. The lowest BCUT2D eigenvalue weighted by atomic mass is 10.0. The highest BCUT2D eigenvalue weighted by molar-refractivity contribution is 5.91. The zero-order chi connectivity index (χ0) is 28.6. The molecule has 0 spiro atoms. The number of fused-ring (bicyclic) bond motifs is 1. The second-order valence-electron chi connectivity index (χ2n) is 10.3. The Morgan fingerprint density at radius 1 is 1.27 bits per heavy atom. The number of methoxy groups -OCH3 is 1. The van der Waals surface area contributed by atoms with E-state index in [0.717, 1.165) is 11.3 Å². The van der Waals surface area contributed by atoms with Gasteiger partial charge in [-0.15, -0.1) is 5.10 Å². The third kappa shape index (κ3) is 7.54. The van der Waals surface area contributed by atoms with Gasteiger partial charge in [0.2, 0.25) is 11.8 Å². The minimum atomic E-state index is -0.339. The monoisotopic (exact) mass is 551 g/mol. The van der Waals surface area contributed by atoms with Crippen molar-refractivity contribution < 1.29 is 24.2 Å². The second-order valence-corrected chi connectivity index (χ2v) is 10.3. The lowest BCUT2D eigenvalue weighted by Crippen LogP contribution is -2.47. The molecule has 2 amide bonds. The highest BCUT2D eigenvalue weighted by Crippen LogP contribution is 2.29. The van der Waals surface area contributed by atoms with E-state index in [2.05, 4.69) is 32.7 Å². The molecule has 214 valence electrons. The first kappa shape index (κ1) is 29.0. The highest BCUT2D eigenvalue weighted by Gasteiger charge is 2.31. The number of ether oxygens (including phenoxy) is 2. The molecule has 0 radical (unpaired) electrons. The molecule has 1 aromatic heterocycles. The molecule has 2 heterocycles. The van der Waals surface area contributed by atoms with E-state index in [1.807, 2.05) is 38.2 Å². The van der Waals surface area contributed by atoms with Crippen molar-refractivity contribution in [3.05, 3.63) is 59.9 Å². The molecule has 40 heavy (non-hydrogen) atoms. The molecule has 0 bridgehead atoms. The number of benzene rings is 2. The second kappa shape index (κ2) is 13.4. The number of anilines is 1. The molecular weight excluding hydrogens is 514 g/mol. The molecular formula is C28H37N7O5. The van der Waals surface area contributed by atoms with Gasteiger partial charge in [-0.2, -0.15) is 0 Å². The van der Waals surface area contributed by atoms with E-state index in [1.54, 1.807) is 30.2 Å². The fraction of sp³-hybridized carbons (Fsp3) is 0.464. The van der Waals surface area contributed by atoms with Crippen molar-refractivity contribution in [2.45, 2.75) is 45.5 Å². The van der Waals surface area contributed by atoms with Crippen molar-refractivity contribution >= 4 is 17.5 Å². The summed E-state index contributed by atoms with van der Waals surface area (Å²) in [6.07, 6.45) is 1.21. The highest BCUT2D eigenvalue weighted by atomic mass is 16.5. The average Bonchev–Trinajstić information content (AvgIpc) is 3.45. The molecule has 1 aliphatic heterocycles. The van der Waals surface area contributed by atoms with Crippen LogP contribution in [0.1, 0.15) is 25.0 Å². The van der Waals surface area contributed by atoms with Gasteiger partial charge in [-0.05, 0) is 60.3 Å². The smallest absolute Gasteiger partial charge is 0.246 e. The standard InChI is InChI=1S/C28H37N7O5/c1-19-13-35(20(2)17-36)28(38)12-22-11-23(30-27(37)16-34-18-29-31-32-34)7-10-25(22)40-26(19)15-33(3)14-21-5-8-24(39-4)9-6-21/h5-11,18-20,26,36H,12-17H2,1-4H3,(H,30,37)/t19-,20-,26+/m0/s1. The summed E-state index contributed by atoms with van der Waals surface area (Å²) in [7, 11) is 3.69. The number of carbonyl (C=O) groups excluding carboxylic acids is 2. The Morgan fingerprint density at radius 2 is 2.05 bits per heavy atom. The van der Waals surface area contributed by atoms with Gasteiger partial charge in [-0.3, -0.25) is 14.5 Å². The van der Waals surface area contributed by atoms with Crippen molar-refractivity contribution in [2.75, 3.05) is 39.2 Å². The van der Waals surface area contributed by atoms with Crippen molar-refractivity contribution in [1.82, 2.24) is 30.0 Å². The van der Waals surface area contributed by atoms with Crippen LogP contribution in [0, 0.1) is 5.92 Å². The summed E-state index contributed by atoms with van der Waals surface area (Å²) in [5, 5.41) is 23.5. The SMILES string of the molecule is COc1ccc(CN(C)C[C@H]2Oc3ccc(NC(=O)Cn4cnnn4)cc3CC(=O)N([C@@H](C)CO)C[C@@H]2C)cc1. The van der Waals surface area contributed by atoms with E-state index in [4.69, 9.17) is 9.47 Å². The summed E-state index contributed by atoms with van der Waals surface area (Å²) in [4.78, 5) is 29.8. The Balaban J connectivity index is 1.55. The summed E-state index contributed by atoms with van der Waals surface area (Å²) in [5.41, 5.74) is 2.35. The number of aromatic nitrogens is 4. The van der Waals surface area contributed by atoms with Crippen LogP contribution in [0.25, 0.3) is 0 Å². The number of nitrogens with zero attached hydrogens (tertiary/aromatic N) is 6. The molecule has 12 nitrogen and oxygen atoms in total. The summed E-state index contributed by atoms with van der Waals surface area (Å²) in [6, 6.07) is 12.9. The van der Waals surface area contributed by atoms with Crippen LogP contribution < -0.4 is 14.8 Å². The van der Waals surface area contributed by atoms with Crippen LogP contribution in [0.3, 0.4) is 0 Å². The first-order chi connectivity index (χ1) is 19.2. The number of aliphatic hydroxyl groups is 1. The molecule has 1 aliphatic rings. The van der Waals surface area contributed by atoms with Gasteiger partial charge < -0.3 is 24.8 Å². The Morgan fingerprint density at radius 3 is 2.73 bits per heavy atom. The van der Waals surface area contributed by atoms with Crippen LogP contribution in [0.15, 0.2) is 48.8 Å². The molecule has 0 fully saturated rings. The van der Waals surface area contributed by atoms with Gasteiger partial charge in [0.05, 0.1) is 26.2 Å². The maximum Gasteiger partial charge on any atom is 0.246 e. The summed E-state index contributed by atoms with van der Waals surface area (Å²) >= 11 is 0. The predicted octanol–water partition coefficient (Wildman–Crippen LogP) is 1.60. The van der Waals surface area contributed by atoms with E-state index >= 15 is 0 Å². The number of hydrogen-bond acceptors (Lipinski definition) is 9.